The quantitative estimate of drug-likeness (QED) is 0.840. The van der Waals surface area contributed by atoms with E-state index in [-0.39, 0.29) is 12.3 Å². The second-order valence-electron chi connectivity index (χ2n) is 4.71. The average molecular weight is 305 g/mol. The van der Waals surface area contributed by atoms with Crippen LogP contribution >= 0.6 is 0 Å². The van der Waals surface area contributed by atoms with Crippen molar-refractivity contribution < 1.29 is 12.9 Å². The molecular formula is C14H15N3O3S. The average Bonchev–Trinajstić information content (AvgIpc) is 2.84. The summed E-state index contributed by atoms with van der Waals surface area (Å²) in [5, 5.41) is 12.7. The van der Waals surface area contributed by atoms with Gasteiger partial charge in [-0.05, 0) is 18.6 Å². The Balaban J connectivity index is 2.15. The van der Waals surface area contributed by atoms with Gasteiger partial charge >= 0.3 is 0 Å². The zero-order valence-corrected chi connectivity index (χ0v) is 12.6. The number of rotatable bonds is 5. The standard InChI is InChI=1S/C14H15N3O3S/c1-11-7-14(16-20-11)10-21(18,19)17(2)9-13-6-4-3-5-12(13)8-15/h3-7H,9-10H2,1-2H3. The molecule has 0 N–H and O–H groups in total. The molecular weight excluding hydrogens is 290 g/mol. The monoisotopic (exact) mass is 305 g/mol. The number of hydrogen-bond acceptors (Lipinski definition) is 5. The molecule has 0 radical (unpaired) electrons. The third-order valence-corrected chi connectivity index (χ3v) is 4.75. The van der Waals surface area contributed by atoms with Crippen LogP contribution in [-0.2, 0) is 22.3 Å². The molecule has 2 aromatic rings. The Morgan fingerprint density at radius 1 is 1.38 bits per heavy atom. The highest BCUT2D eigenvalue weighted by Crippen LogP contribution is 2.15. The molecule has 0 amide bonds. The Kier molecular flexibility index (Phi) is 4.40. The van der Waals surface area contributed by atoms with E-state index in [9.17, 15) is 8.42 Å². The van der Waals surface area contributed by atoms with Crippen molar-refractivity contribution in [2.75, 3.05) is 7.05 Å². The molecule has 7 heteroatoms. The molecule has 6 nitrogen and oxygen atoms in total. The van der Waals surface area contributed by atoms with Gasteiger partial charge in [-0.2, -0.15) is 5.26 Å². The SMILES string of the molecule is Cc1cc(CS(=O)(=O)N(C)Cc2ccccc2C#N)no1. The number of nitrogens with zero attached hydrogens (tertiary/aromatic N) is 3. The van der Waals surface area contributed by atoms with E-state index in [0.717, 1.165) is 0 Å². The minimum absolute atomic E-state index is 0.142. The van der Waals surface area contributed by atoms with Gasteiger partial charge in [-0.1, -0.05) is 23.4 Å². The summed E-state index contributed by atoms with van der Waals surface area (Å²) in [5.41, 5.74) is 1.51. The molecule has 0 saturated heterocycles. The number of sulfonamides is 1. The van der Waals surface area contributed by atoms with Crippen molar-refractivity contribution in [1.82, 2.24) is 9.46 Å². The second-order valence-corrected chi connectivity index (χ2v) is 6.79. The van der Waals surface area contributed by atoms with E-state index in [1.807, 2.05) is 0 Å². The number of benzene rings is 1. The van der Waals surface area contributed by atoms with Crippen molar-refractivity contribution >= 4 is 10.0 Å². The van der Waals surface area contributed by atoms with Gasteiger partial charge in [0.25, 0.3) is 0 Å². The molecule has 2 rings (SSSR count). The minimum Gasteiger partial charge on any atom is -0.361 e. The molecule has 0 aliphatic heterocycles. The van der Waals surface area contributed by atoms with E-state index in [2.05, 4.69) is 11.2 Å². The first-order valence-electron chi connectivity index (χ1n) is 6.26. The van der Waals surface area contributed by atoms with Crippen molar-refractivity contribution in [3.05, 3.63) is 52.9 Å². The van der Waals surface area contributed by atoms with Crippen molar-refractivity contribution in [2.24, 2.45) is 0 Å². The number of hydrogen-bond donors (Lipinski definition) is 0. The van der Waals surface area contributed by atoms with Gasteiger partial charge in [0.1, 0.15) is 17.2 Å². The Morgan fingerprint density at radius 3 is 2.71 bits per heavy atom. The van der Waals surface area contributed by atoms with Gasteiger partial charge in [-0.15, -0.1) is 0 Å². The summed E-state index contributed by atoms with van der Waals surface area (Å²) >= 11 is 0. The van der Waals surface area contributed by atoms with Crippen LogP contribution in [0.4, 0.5) is 0 Å². The van der Waals surface area contributed by atoms with Crippen molar-refractivity contribution in [3.8, 4) is 6.07 Å². The van der Waals surface area contributed by atoms with Crippen molar-refractivity contribution in [2.45, 2.75) is 19.2 Å². The third-order valence-electron chi connectivity index (χ3n) is 3.01. The summed E-state index contributed by atoms with van der Waals surface area (Å²) in [6.45, 7) is 1.85. The maximum atomic E-state index is 12.3. The predicted molar refractivity (Wildman–Crippen MR) is 76.5 cm³/mol. The summed E-state index contributed by atoms with van der Waals surface area (Å²) in [6, 6.07) is 10.6. The van der Waals surface area contributed by atoms with Crippen LogP contribution in [0.1, 0.15) is 22.6 Å². The normalized spacial score (nSPS) is 11.5. The predicted octanol–water partition coefficient (Wildman–Crippen LogP) is 1.82. The highest BCUT2D eigenvalue weighted by Gasteiger charge is 2.21. The maximum absolute atomic E-state index is 12.3. The summed E-state index contributed by atoms with van der Waals surface area (Å²) < 4.78 is 30.6. The van der Waals surface area contributed by atoms with E-state index < -0.39 is 10.0 Å². The molecule has 0 bridgehead atoms. The molecule has 0 spiro atoms. The number of aryl methyl sites for hydroxylation is 1. The van der Waals surface area contributed by atoms with Gasteiger partial charge in [-0.25, -0.2) is 12.7 Å². The molecule has 0 saturated carbocycles. The first-order chi connectivity index (χ1) is 9.92. The van der Waals surface area contributed by atoms with Crippen LogP contribution in [-0.4, -0.2) is 24.9 Å². The minimum atomic E-state index is -3.52. The molecule has 21 heavy (non-hydrogen) atoms. The number of nitriles is 1. The molecule has 0 fully saturated rings. The summed E-state index contributed by atoms with van der Waals surface area (Å²) in [6.07, 6.45) is 0. The summed E-state index contributed by atoms with van der Waals surface area (Å²) in [5.74, 6) is 0.341. The molecule has 0 aliphatic rings. The Bertz CT molecular complexity index is 775. The lowest BCUT2D eigenvalue weighted by molar-refractivity contribution is 0.391. The second kappa shape index (κ2) is 6.08. The molecule has 0 aliphatic carbocycles. The first-order valence-corrected chi connectivity index (χ1v) is 7.87. The lowest BCUT2D eigenvalue weighted by atomic mass is 10.1. The van der Waals surface area contributed by atoms with E-state index in [1.54, 1.807) is 37.3 Å². The van der Waals surface area contributed by atoms with Crippen LogP contribution in [0.15, 0.2) is 34.9 Å². The fraction of sp³-hybridized carbons (Fsp3) is 0.286. The van der Waals surface area contributed by atoms with E-state index >= 15 is 0 Å². The largest absolute Gasteiger partial charge is 0.361 e. The van der Waals surface area contributed by atoms with Gasteiger partial charge in [0, 0.05) is 19.7 Å². The zero-order valence-electron chi connectivity index (χ0n) is 11.8. The lowest BCUT2D eigenvalue weighted by Gasteiger charge is -2.17. The van der Waals surface area contributed by atoms with Crippen LogP contribution < -0.4 is 0 Å². The first kappa shape index (κ1) is 15.2. The van der Waals surface area contributed by atoms with Crippen molar-refractivity contribution in [1.29, 1.82) is 5.26 Å². The van der Waals surface area contributed by atoms with E-state index in [4.69, 9.17) is 9.78 Å². The van der Waals surface area contributed by atoms with E-state index in [0.29, 0.717) is 22.6 Å². The van der Waals surface area contributed by atoms with Crippen LogP contribution in [0.3, 0.4) is 0 Å². The molecule has 1 aromatic carbocycles. The summed E-state index contributed by atoms with van der Waals surface area (Å²) in [4.78, 5) is 0. The summed E-state index contributed by atoms with van der Waals surface area (Å²) in [7, 11) is -2.04. The molecule has 0 atom stereocenters. The van der Waals surface area contributed by atoms with Gasteiger partial charge in [0.05, 0.1) is 11.6 Å². The highest BCUT2D eigenvalue weighted by molar-refractivity contribution is 7.88. The number of aromatic nitrogens is 1. The molecule has 1 heterocycles. The lowest BCUT2D eigenvalue weighted by Crippen LogP contribution is -2.28. The fourth-order valence-electron chi connectivity index (χ4n) is 1.89. The van der Waals surface area contributed by atoms with E-state index in [1.165, 1.54) is 11.4 Å². The molecule has 110 valence electrons. The van der Waals surface area contributed by atoms with Gasteiger partial charge in [0.15, 0.2) is 0 Å². The topological polar surface area (TPSA) is 87.2 Å². The smallest absolute Gasteiger partial charge is 0.220 e. The Hall–Kier alpha value is -2.17. The van der Waals surface area contributed by atoms with Crippen molar-refractivity contribution in [3.63, 3.8) is 0 Å². The van der Waals surface area contributed by atoms with Gasteiger partial charge < -0.3 is 4.52 Å². The van der Waals surface area contributed by atoms with Gasteiger partial charge in [-0.3, -0.25) is 0 Å². The highest BCUT2D eigenvalue weighted by atomic mass is 32.2. The molecule has 1 aromatic heterocycles. The third kappa shape index (κ3) is 3.68. The Morgan fingerprint density at radius 2 is 2.10 bits per heavy atom. The van der Waals surface area contributed by atoms with Crippen LogP contribution in [0.2, 0.25) is 0 Å². The Labute approximate surface area is 123 Å². The molecule has 0 unspecified atom stereocenters. The van der Waals surface area contributed by atoms with Crippen LogP contribution in [0.5, 0.6) is 0 Å². The van der Waals surface area contributed by atoms with Crippen LogP contribution in [0.25, 0.3) is 0 Å². The fourth-order valence-corrected chi connectivity index (χ4v) is 2.95. The van der Waals surface area contributed by atoms with Gasteiger partial charge in [0.2, 0.25) is 10.0 Å². The van der Waals surface area contributed by atoms with Crippen LogP contribution in [0, 0.1) is 18.3 Å². The zero-order chi connectivity index (χ0) is 15.5. The maximum Gasteiger partial charge on any atom is 0.220 e.